The predicted octanol–water partition coefficient (Wildman–Crippen LogP) is 0.427. The van der Waals surface area contributed by atoms with Crippen molar-refractivity contribution in [3.63, 3.8) is 0 Å². The molecule has 1 heterocycles. The number of carbonyl (C=O) groups is 2. The zero-order valence-corrected chi connectivity index (χ0v) is 9.02. The van der Waals surface area contributed by atoms with Gasteiger partial charge in [0.05, 0.1) is 6.04 Å². The Morgan fingerprint density at radius 3 is 2.64 bits per heavy atom. The SMILES string of the molecule is CC(C)(C)CC(=O)N[C@@H]1CNC(=O)C1. The van der Waals surface area contributed by atoms with E-state index in [9.17, 15) is 9.59 Å². The fourth-order valence-electron chi connectivity index (χ4n) is 1.47. The number of rotatable bonds is 2. The highest BCUT2D eigenvalue weighted by atomic mass is 16.2. The molecule has 1 aliphatic rings. The lowest BCUT2D eigenvalue weighted by atomic mass is 9.92. The van der Waals surface area contributed by atoms with Gasteiger partial charge in [0.15, 0.2) is 0 Å². The fraction of sp³-hybridized carbons (Fsp3) is 0.800. The van der Waals surface area contributed by atoms with Crippen LogP contribution in [0.4, 0.5) is 0 Å². The summed E-state index contributed by atoms with van der Waals surface area (Å²) in [5.41, 5.74) is 0.000124. The molecule has 0 unspecified atom stereocenters. The van der Waals surface area contributed by atoms with E-state index in [1.165, 1.54) is 0 Å². The van der Waals surface area contributed by atoms with Gasteiger partial charge in [0.25, 0.3) is 0 Å². The zero-order chi connectivity index (χ0) is 10.8. The van der Waals surface area contributed by atoms with E-state index in [1.54, 1.807) is 0 Å². The van der Waals surface area contributed by atoms with Crippen molar-refractivity contribution in [1.82, 2.24) is 10.6 Å². The highest BCUT2D eigenvalue weighted by Gasteiger charge is 2.24. The number of amides is 2. The van der Waals surface area contributed by atoms with Gasteiger partial charge in [-0.25, -0.2) is 0 Å². The van der Waals surface area contributed by atoms with Crippen LogP contribution in [-0.2, 0) is 9.59 Å². The number of hydrogen-bond donors (Lipinski definition) is 2. The largest absolute Gasteiger partial charge is 0.354 e. The molecule has 2 N–H and O–H groups in total. The molecule has 0 aromatic rings. The second-order valence-corrected chi connectivity index (χ2v) is 5.01. The van der Waals surface area contributed by atoms with Crippen LogP contribution in [0.5, 0.6) is 0 Å². The Morgan fingerprint density at radius 2 is 2.21 bits per heavy atom. The summed E-state index contributed by atoms with van der Waals surface area (Å²) in [6.07, 6.45) is 0.910. The fourth-order valence-corrected chi connectivity index (χ4v) is 1.47. The third-order valence-corrected chi connectivity index (χ3v) is 2.03. The van der Waals surface area contributed by atoms with Crippen LogP contribution in [0.1, 0.15) is 33.6 Å². The van der Waals surface area contributed by atoms with Gasteiger partial charge in [-0.2, -0.15) is 0 Å². The lowest BCUT2D eigenvalue weighted by molar-refractivity contribution is -0.123. The normalized spacial score (nSPS) is 21.9. The Balaban J connectivity index is 2.31. The molecule has 4 heteroatoms. The Bertz CT molecular complexity index is 243. The van der Waals surface area contributed by atoms with Crippen LogP contribution in [0.3, 0.4) is 0 Å². The molecule has 2 amide bonds. The van der Waals surface area contributed by atoms with Crippen LogP contribution in [0.2, 0.25) is 0 Å². The molecule has 0 aromatic heterocycles. The molecular formula is C10H18N2O2. The standard InChI is InChI=1S/C10H18N2O2/c1-10(2,3)5-9(14)12-7-4-8(13)11-6-7/h7H,4-6H2,1-3H3,(H,11,13)(H,12,14)/t7-/m0/s1. The second kappa shape index (κ2) is 3.98. The van der Waals surface area contributed by atoms with E-state index in [2.05, 4.69) is 10.6 Å². The number of hydrogen-bond acceptors (Lipinski definition) is 2. The van der Waals surface area contributed by atoms with Crippen molar-refractivity contribution in [2.45, 2.75) is 39.7 Å². The molecule has 0 spiro atoms. The first-order valence-electron chi connectivity index (χ1n) is 4.93. The topological polar surface area (TPSA) is 58.2 Å². The van der Waals surface area contributed by atoms with Gasteiger partial charge < -0.3 is 10.6 Å². The van der Waals surface area contributed by atoms with Crippen molar-refractivity contribution in [1.29, 1.82) is 0 Å². The van der Waals surface area contributed by atoms with Crippen molar-refractivity contribution >= 4 is 11.8 Å². The molecule has 14 heavy (non-hydrogen) atoms. The maximum atomic E-state index is 11.5. The average molecular weight is 198 g/mol. The summed E-state index contributed by atoms with van der Waals surface area (Å²) in [5, 5.41) is 5.53. The molecule has 1 fully saturated rings. The first-order valence-corrected chi connectivity index (χ1v) is 4.93. The first kappa shape index (κ1) is 11.0. The van der Waals surface area contributed by atoms with Gasteiger partial charge in [-0.05, 0) is 5.41 Å². The van der Waals surface area contributed by atoms with Crippen LogP contribution < -0.4 is 10.6 Å². The van der Waals surface area contributed by atoms with Gasteiger partial charge in [0.1, 0.15) is 0 Å². The number of nitrogens with one attached hydrogen (secondary N) is 2. The first-order chi connectivity index (χ1) is 6.37. The lowest BCUT2D eigenvalue weighted by Crippen LogP contribution is -2.37. The van der Waals surface area contributed by atoms with Gasteiger partial charge in [0, 0.05) is 19.4 Å². The van der Waals surface area contributed by atoms with Crippen LogP contribution in [0.15, 0.2) is 0 Å². The molecule has 0 bridgehead atoms. The van der Waals surface area contributed by atoms with E-state index < -0.39 is 0 Å². The van der Waals surface area contributed by atoms with E-state index in [0.717, 1.165) is 0 Å². The molecule has 0 aliphatic carbocycles. The molecule has 0 saturated carbocycles. The minimum Gasteiger partial charge on any atom is -0.354 e. The Morgan fingerprint density at radius 1 is 1.57 bits per heavy atom. The third kappa shape index (κ3) is 3.77. The van der Waals surface area contributed by atoms with Gasteiger partial charge >= 0.3 is 0 Å². The summed E-state index contributed by atoms with van der Waals surface area (Å²) in [7, 11) is 0. The predicted molar refractivity (Wildman–Crippen MR) is 53.6 cm³/mol. The molecule has 1 atom stereocenters. The van der Waals surface area contributed by atoms with Crippen LogP contribution in [0.25, 0.3) is 0 Å². The van der Waals surface area contributed by atoms with Crippen molar-refractivity contribution in [2.24, 2.45) is 5.41 Å². The lowest BCUT2D eigenvalue weighted by Gasteiger charge is -2.19. The summed E-state index contributed by atoms with van der Waals surface area (Å²) in [6, 6.07) is -0.0163. The monoisotopic (exact) mass is 198 g/mol. The van der Waals surface area contributed by atoms with Crippen LogP contribution >= 0.6 is 0 Å². The minimum absolute atomic E-state index is 0.000124. The minimum atomic E-state index is -0.0163. The van der Waals surface area contributed by atoms with Gasteiger partial charge in [0.2, 0.25) is 11.8 Å². The molecule has 1 rings (SSSR count). The highest BCUT2D eigenvalue weighted by Crippen LogP contribution is 2.18. The van der Waals surface area contributed by atoms with Crippen molar-refractivity contribution in [2.75, 3.05) is 6.54 Å². The van der Waals surface area contributed by atoms with Gasteiger partial charge in [-0.15, -0.1) is 0 Å². The molecular weight excluding hydrogens is 180 g/mol. The zero-order valence-electron chi connectivity index (χ0n) is 9.02. The maximum Gasteiger partial charge on any atom is 0.222 e. The summed E-state index contributed by atoms with van der Waals surface area (Å²) in [6.45, 7) is 6.62. The van der Waals surface area contributed by atoms with Crippen molar-refractivity contribution in [3.05, 3.63) is 0 Å². The smallest absolute Gasteiger partial charge is 0.222 e. The summed E-state index contributed by atoms with van der Waals surface area (Å²) in [5.74, 6) is 0.0464. The second-order valence-electron chi connectivity index (χ2n) is 5.01. The van der Waals surface area contributed by atoms with Crippen LogP contribution in [-0.4, -0.2) is 24.4 Å². The Hall–Kier alpha value is -1.06. The molecule has 0 radical (unpaired) electrons. The molecule has 1 aliphatic heterocycles. The van der Waals surface area contributed by atoms with E-state index in [4.69, 9.17) is 0 Å². The molecule has 0 aromatic carbocycles. The van der Waals surface area contributed by atoms with Gasteiger partial charge in [-0.3, -0.25) is 9.59 Å². The Labute approximate surface area is 84.4 Å². The Kier molecular flexibility index (Phi) is 3.13. The third-order valence-electron chi connectivity index (χ3n) is 2.03. The maximum absolute atomic E-state index is 11.5. The van der Waals surface area contributed by atoms with E-state index in [0.29, 0.717) is 19.4 Å². The van der Waals surface area contributed by atoms with Crippen molar-refractivity contribution in [3.8, 4) is 0 Å². The van der Waals surface area contributed by atoms with Crippen LogP contribution in [0, 0.1) is 5.41 Å². The van der Waals surface area contributed by atoms with E-state index >= 15 is 0 Å². The molecule has 4 nitrogen and oxygen atoms in total. The summed E-state index contributed by atoms with van der Waals surface area (Å²) in [4.78, 5) is 22.3. The number of carbonyl (C=O) groups excluding carboxylic acids is 2. The quantitative estimate of drug-likeness (QED) is 0.676. The molecule has 80 valence electrons. The van der Waals surface area contributed by atoms with E-state index in [1.807, 2.05) is 20.8 Å². The van der Waals surface area contributed by atoms with E-state index in [-0.39, 0.29) is 23.3 Å². The summed E-state index contributed by atoms with van der Waals surface area (Å²) < 4.78 is 0. The molecule has 1 saturated heterocycles. The average Bonchev–Trinajstić information content (AvgIpc) is 2.30. The van der Waals surface area contributed by atoms with Gasteiger partial charge in [-0.1, -0.05) is 20.8 Å². The highest BCUT2D eigenvalue weighted by molar-refractivity contribution is 5.82. The van der Waals surface area contributed by atoms with Crippen molar-refractivity contribution < 1.29 is 9.59 Å². The summed E-state index contributed by atoms with van der Waals surface area (Å²) >= 11 is 0.